The summed E-state index contributed by atoms with van der Waals surface area (Å²) in [5.74, 6) is 1.54. The van der Waals surface area contributed by atoms with E-state index in [0.717, 1.165) is 37.1 Å². The SMILES string of the molecule is O=C(Nc1cc2nc(-c3cnco3)ccc2cn1)c1ccc(OC2CCNCC2)cc1. The minimum Gasteiger partial charge on any atom is -0.490 e. The highest BCUT2D eigenvalue weighted by molar-refractivity contribution is 6.04. The molecule has 1 aliphatic heterocycles. The van der Waals surface area contributed by atoms with E-state index < -0.39 is 0 Å². The van der Waals surface area contributed by atoms with E-state index in [4.69, 9.17) is 9.15 Å². The van der Waals surface area contributed by atoms with Gasteiger partial charge >= 0.3 is 0 Å². The van der Waals surface area contributed by atoms with Crippen molar-refractivity contribution in [2.75, 3.05) is 18.4 Å². The van der Waals surface area contributed by atoms with Crippen molar-refractivity contribution in [1.82, 2.24) is 20.3 Å². The number of nitrogens with one attached hydrogen (secondary N) is 2. The molecule has 1 aliphatic rings. The summed E-state index contributed by atoms with van der Waals surface area (Å²) >= 11 is 0. The highest BCUT2D eigenvalue weighted by Crippen LogP contribution is 2.22. The number of pyridine rings is 2. The molecule has 1 saturated heterocycles. The molecule has 1 aromatic carbocycles. The van der Waals surface area contributed by atoms with Crippen LogP contribution in [0.5, 0.6) is 5.75 Å². The highest BCUT2D eigenvalue weighted by Gasteiger charge is 2.15. The number of benzene rings is 1. The molecule has 4 heterocycles. The zero-order chi connectivity index (χ0) is 21.0. The first-order valence-corrected chi connectivity index (χ1v) is 10.2. The molecule has 8 nitrogen and oxygen atoms in total. The molecule has 0 bridgehead atoms. The number of rotatable bonds is 5. The molecule has 1 amide bonds. The number of carbonyl (C=O) groups is 1. The van der Waals surface area contributed by atoms with Crippen LogP contribution < -0.4 is 15.4 Å². The number of piperidine rings is 1. The maximum atomic E-state index is 12.7. The van der Waals surface area contributed by atoms with Gasteiger partial charge in [-0.05, 0) is 62.3 Å². The van der Waals surface area contributed by atoms with Crippen LogP contribution in [-0.2, 0) is 0 Å². The standard InChI is InChI=1S/C23H21N5O3/c29-23(15-1-4-17(5-2-15)31-18-7-9-24-10-8-18)28-22-11-20-16(12-26-22)3-6-19(27-20)21-13-25-14-30-21/h1-6,11-14,18,24H,7-10H2,(H,26,28,29). The van der Waals surface area contributed by atoms with E-state index in [9.17, 15) is 4.79 Å². The summed E-state index contributed by atoms with van der Waals surface area (Å²) in [6.45, 7) is 1.94. The van der Waals surface area contributed by atoms with E-state index in [-0.39, 0.29) is 12.0 Å². The molecule has 0 spiro atoms. The van der Waals surface area contributed by atoms with Gasteiger partial charge in [-0.3, -0.25) is 4.79 Å². The smallest absolute Gasteiger partial charge is 0.256 e. The van der Waals surface area contributed by atoms with Crippen molar-refractivity contribution < 1.29 is 13.9 Å². The van der Waals surface area contributed by atoms with Gasteiger partial charge in [-0.1, -0.05) is 0 Å². The second-order valence-corrected chi connectivity index (χ2v) is 7.37. The van der Waals surface area contributed by atoms with E-state index in [1.165, 1.54) is 6.39 Å². The summed E-state index contributed by atoms with van der Waals surface area (Å²) in [5, 5.41) is 7.01. The van der Waals surface area contributed by atoms with Crippen LogP contribution in [0.1, 0.15) is 23.2 Å². The molecule has 0 atom stereocenters. The summed E-state index contributed by atoms with van der Waals surface area (Å²) in [4.78, 5) is 25.5. The predicted octanol–water partition coefficient (Wildman–Crippen LogP) is 3.67. The van der Waals surface area contributed by atoms with Crippen LogP contribution >= 0.6 is 0 Å². The largest absolute Gasteiger partial charge is 0.490 e. The van der Waals surface area contributed by atoms with E-state index in [2.05, 4.69) is 25.6 Å². The van der Waals surface area contributed by atoms with E-state index in [0.29, 0.717) is 28.4 Å². The molecule has 0 unspecified atom stereocenters. The lowest BCUT2D eigenvalue weighted by Crippen LogP contribution is -2.34. The number of oxazole rings is 1. The van der Waals surface area contributed by atoms with Crippen molar-refractivity contribution in [2.24, 2.45) is 0 Å². The summed E-state index contributed by atoms with van der Waals surface area (Å²) in [6, 6.07) is 12.7. The molecule has 3 aromatic heterocycles. The zero-order valence-corrected chi connectivity index (χ0v) is 16.7. The summed E-state index contributed by atoms with van der Waals surface area (Å²) in [7, 11) is 0. The molecule has 0 saturated carbocycles. The first-order chi connectivity index (χ1) is 15.2. The van der Waals surface area contributed by atoms with Crippen LogP contribution in [0.4, 0.5) is 5.82 Å². The predicted molar refractivity (Wildman–Crippen MR) is 116 cm³/mol. The Labute approximate surface area is 178 Å². The fourth-order valence-electron chi connectivity index (χ4n) is 3.54. The van der Waals surface area contributed by atoms with Crippen LogP contribution in [0.3, 0.4) is 0 Å². The molecular weight excluding hydrogens is 394 g/mol. The number of nitrogens with zero attached hydrogens (tertiary/aromatic N) is 3. The minimum atomic E-state index is -0.244. The van der Waals surface area contributed by atoms with E-state index in [1.54, 1.807) is 30.6 Å². The molecule has 8 heteroatoms. The van der Waals surface area contributed by atoms with Crippen LogP contribution in [0, 0.1) is 0 Å². The number of fused-ring (bicyclic) bond motifs is 1. The van der Waals surface area contributed by atoms with E-state index in [1.807, 2.05) is 24.3 Å². The van der Waals surface area contributed by atoms with Gasteiger partial charge in [-0.2, -0.15) is 0 Å². The first-order valence-electron chi connectivity index (χ1n) is 10.2. The van der Waals surface area contributed by atoms with Crippen LogP contribution in [-0.4, -0.2) is 40.1 Å². The number of anilines is 1. The van der Waals surface area contributed by atoms with Gasteiger partial charge in [0, 0.05) is 23.2 Å². The Kier molecular flexibility index (Phi) is 5.28. The minimum absolute atomic E-state index is 0.220. The second-order valence-electron chi connectivity index (χ2n) is 7.37. The molecule has 2 N–H and O–H groups in total. The lowest BCUT2D eigenvalue weighted by atomic mass is 10.1. The van der Waals surface area contributed by atoms with Crippen LogP contribution in [0.15, 0.2) is 65.7 Å². The molecule has 31 heavy (non-hydrogen) atoms. The third-order valence-corrected chi connectivity index (χ3v) is 5.21. The Hall–Kier alpha value is -3.78. The Morgan fingerprint density at radius 3 is 2.71 bits per heavy atom. The lowest BCUT2D eigenvalue weighted by molar-refractivity contribution is 0.102. The Morgan fingerprint density at radius 2 is 1.94 bits per heavy atom. The quantitative estimate of drug-likeness (QED) is 0.513. The van der Waals surface area contributed by atoms with Gasteiger partial charge < -0.3 is 19.8 Å². The number of aromatic nitrogens is 3. The summed E-state index contributed by atoms with van der Waals surface area (Å²) in [6.07, 6.45) is 6.85. The average Bonchev–Trinajstić information content (AvgIpc) is 3.35. The van der Waals surface area contributed by atoms with Gasteiger partial charge in [0.15, 0.2) is 12.2 Å². The van der Waals surface area contributed by atoms with Crippen LogP contribution in [0.25, 0.3) is 22.4 Å². The third-order valence-electron chi connectivity index (χ3n) is 5.21. The number of hydrogen-bond acceptors (Lipinski definition) is 7. The summed E-state index contributed by atoms with van der Waals surface area (Å²) in [5.41, 5.74) is 1.89. The number of ether oxygens (including phenoxy) is 1. The zero-order valence-electron chi connectivity index (χ0n) is 16.7. The molecule has 0 aliphatic carbocycles. The number of carbonyl (C=O) groups excluding carboxylic acids is 1. The van der Waals surface area contributed by atoms with Gasteiger partial charge in [0.1, 0.15) is 23.4 Å². The highest BCUT2D eigenvalue weighted by atomic mass is 16.5. The van der Waals surface area contributed by atoms with E-state index >= 15 is 0 Å². The van der Waals surface area contributed by atoms with Gasteiger partial charge in [0.05, 0.1) is 11.7 Å². The fourth-order valence-corrected chi connectivity index (χ4v) is 3.54. The molecule has 156 valence electrons. The molecule has 1 fully saturated rings. The topological polar surface area (TPSA) is 102 Å². The Bertz CT molecular complexity index is 1190. The van der Waals surface area contributed by atoms with Gasteiger partial charge in [0.2, 0.25) is 0 Å². The molecule has 0 radical (unpaired) electrons. The number of hydrogen-bond donors (Lipinski definition) is 2. The maximum absolute atomic E-state index is 12.7. The second kappa shape index (κ2) is 8.53. The summed E-state index contributed by atoms with van der Waals surface area (Å²) < 4.78 is 11.3. The van der Waals surface area contributed by atoms with Crippen molar-refractivity contribution >= 4 is 22.6 Å². The Morgan fingerprint density at radius 1 is 1.10 bits per heavy atom. The van der Waals surface area contributed by atoms with Crippen molar-refractivity contribution in [3.8, 4) is 17.2 Å². The van der Waals surface area contributed by atoms with Crippen molar-refractivity contribution in [1.29, 1.82) is 0 Å². The number of amides is 1. The third kappa shape index (κ3) is 4.39. The van der Waals surface area contributed by atoms with Crippen LogP contribution in [0.2, 0.25) is 0 Å². The van der Waals surface area contributed by atoms with Gasteiger partial charge in [-0.25, -0.2) is 15.0 Å². The van der Waals surface area contributed by atoms with Crippen molar-refractivity contribution in [3.05, 3.63) is 66.8 Å². The molecule has 4 aromatic rings. The molecular formula is C23H21N5O3. The molecule has 5 rings (SSSR count). The first kappa shape index (κ1) is 19.2. The van der Waals surface area contributed by atoms with Crippen molar-refractivity contribution in [3.63, 3.8) is 0 Å². The Balaban J connectivity index is 1.29. The van der Waals surface area contributed by atoms with Gasteiger partial charge in [-0.15, -0.1) is 0 Å². The normalized spacial score (nSPS) is 14.5. The fraction of sp³-hybridized carbons (Fsp3) is 0.217. The lowest BCUT2D eigenvalue weighted by Gasteiger charge is -2.23. The van der Waals surface area contributed by atoms with Gasteiger partial charge in [0.25, 0.3) is 5.91 Å². The maximum Gasteiger partial charge on any atom is 0.256 e. The average molecular weight is 415 g/mol. The van der Waals surface area contributed by atoms with Crippen molar-refractivity contribution in [2.45, 2.75) is 18.9 Å². The monoisotopic (exact) mass is 415 g/mol.